The standard InChI is InChI=1S/C22H18ClFN2O4/c1-12-9-17(7-8-19(12)24)30-21-18(10-16(23)11-25-21)20(27)26-13(2)14-3-5-15(6-4-14)22(28)29/h3-11,13H,1-2H3,(H,26,27)(H,28,29). The van der Waals surface area contributed by atoms with Gasteiger partial charge in [0.25, 0.3) is 5.91 Å². The molecule has 154 valence electrons. The zero-order valence-electron chi connectivity index (χ0n) is 16.1. The van der Waals surface area contributed by atoms with Crippen LogP contribution in [0, 0.1) is 12.7 Å². The summed E-state index contributed by atoms with van der Waals surface area (Å²) >= 11 is 6.01. The number of nitrogens with one attached hydrogen (secondary N) is 1. The summed E-state index contributed by atoms with van der Waals surface area (Å²) in [4.78, 5) is 27.9. The first-order chi connectivity index (χ1) is 14.2. The van der Waals surface area contributed by atoms with Crippen molar-refractivity contribution in [3.63, 3.8) is 0 Å². The number of amides is 1. The number of carbonyl (C=O) groups excluding carboxylic acids is 1. The summed E-state index contributed by atoms with van der Waals surface area (Å²) in [5.74, 6) is -1.52. The van der Waals surface area contributed by atoms with Crippen molar-refractivity contribution in [1.29, 1.82) is 0 Å². The number of carboxylic acids is 1. The lowest BCUT2D eigenvalue weighted by molar-refractivity contribution is 0.0696. The van der Waals surface area contributed by atoms with Crippen molar-refractivity contribution in [3.05, 3.63) is 87.8 Å². The van der Waals surface area contributed by atoms with E-state index in [0.29, 0.717) is 11.3 Å². The van der Waals surface area contributed by atoms with Gasteiger partial charge < -0.3 is 15.2 Å². The highest BCUT2D eigenvalue weighted by Crippen LogP contribution is 2.27. The molecule has 8 heteroatoms. The number of aromatic nitrogens is 1. The number of pyridine rings is 1. The van der Waals surface area contributed by atoms with Crippen LogP contribution in [0.25, 0.3) is 0 Å². The molecule has 0 saturated carbocycles. The Labute approximate surface area is 177 Å². The number of rotatable bonds is 6. The Bertz CT molecular complexity index is 1100. The second kappa shape index (κ2) is 8.92. The minimum absolute atomic E-state index is 0.0244. The first kappa shape index (κ1) is 21.3. The van der Waals surface area contributed by atoms with E-state index in [-0.39, 0.29) is 27.8 Å². The average molecular weight is 429 g/mol. The maximum absolute atomic E-state index is 13.5. The first-order valence-corrected chi connectivity index (χ1v) is 9.36. The summed E-state index contributed by atoms with van der Waals surface area (Å²) in [5.41, 5.74) is 1.38. The van der Waals surface area contributed by atoms with Crippen molar-refractivity contribution in [3.8, 4) is 11.6 Å². The molecule has 0 aliphatic heterocycles. The van der Waals surface area contributed by atoms with Crippen molar-refractivity contribution in [1.82, 2.24) is 10.3 Å². The fraction of sp³-hybridized carbons (Fsp3) is 0.136. The van der Waals surface area contributed by atoms with Crippen molar-refractivity contribution in [2.24, 2.45) is 0 Å². The molecule has 0 aliphatic carbocycles. The van der Waals surface area contributed by atoms with Gasteiger partial charge in [-0.1, -0.05) is 23.7 Å². The fourth-order valence-electron chi connectivity index (χ4n) is 2.74. The van der Waals surface area contributed by atoms with Gasteiger partial charge in [0.1, 0.15) is 17.1 Å². The highest BCUT2D eigenvalue weighted by atomic mass is 35.5. The number of hydrogen-bond acceptors (Lipinski definition) is 4. The number of halogens is 2. The number of carbonyl (C=O) groups is 2. The van der Waals surface area contributed by atoms with Crippen LogP contribution in [0.15, 0.2) is 54.7 Å². The van der Waals surface area contributed by atoms with E-state index in [1.807, 2.05) is 0 Å². The van der Waals surface area contributed by atoms with E-state index in [4.69, 9.17) is 21.4 Å². The molecule has 2 aromatic carbocycles. The Morgan fingerprint density at radius 1 is 1.17 bits per heavy atom. The van der Waals surface area contributed by atoms with Gasteiger partial charge in [0.2, 0.25) is 5.88 Å². The number of benzene rings is 2. The second-order valence-corrected chi connectivity index (χ2v) is 7.08. The summed E-state index contributed by atoms with van der Waals surface area (Å²) in [6, 6.07) is 11.4. The normalized spacial score (nSPS) is 11.6. The van der Waals surface area contributed by atoms with Gasteiger partial charge in [0.05, 0.1) is 16.6 Å². The van der Waals surface area contributed by atoms with Crippen LogP contribution in [0.5, 0.6) is 11.6 Å². The molecule has 6 nitrogen and oxygen atoms in total. The predicted molar refractivity (Wildman–Crippen MR) is 110 cm³/mol. The lowest BCUT2D eigenvalue weighted by Gasteiger charge is -2.16. The van der Waals surface area contributed by atoms with Gasteiger partial charge in [-0.05, 0) is 61.4 Å². The van der Waals surface area contributed by atoms with Gasteiger partial charge >= 0.3 is 5.97 Å². The molecule has 0 radical (unpaired) electrons. The first-order valence-electron chi connectivity index (χ1n) is 8.98. The molecule has 1 unspecified atom stereocenters. The third-order valence-electron chi connectivity index (χ3n) is 4.41. The molecule has 2 N–H and O–H groups in total. The fourth-order valence-corrected chi connectivity index (χ4v) is 2.89. The third kappa shape index (κ3) is 4.93. The highest BCUT2D eigenvalue weighted by Gasteiger charge is 2.19. The Kier molecular flexibility index (Phi) is 6.32. The van der Waals surface area contributed by atoms with E-state index < -0.39 is 17.9 Å². The molecular formula is C22H18ClFN2O4. The van der Waals surface area contributed by atoms with E-state index in [9.17, 15) is 14.0 Å². The molecule has 1 amide bonds. The topological polar surface area (TPSA) is 88.5 Å². The minimum Gasteiger partial charge on any atom is -0.478 e. The van der Waals surface area contributed by atoms with Crippen LogP contribution < -0.4 is 10.1 Å². The van der Waals surface area contributed by atoms with Gasteiger partial charge in [0, 0.05) is 6.20 Å². The lowest BCUT2D eigenvalue weighted by Crippen LogP contribution is -2.27. The van der Waals surface area contributed by atoms with E-state index in [1.54, 1.807) is 26.0 Å². The Hall–Kier alpha value is -3.45. The number of aromatic carboxylic acids is 1. The van der Waals surface area contributed by atoms with Crippen LogP contribution in [0.2, 0.25) is 5.02 Å². The molecule has 0 spiro atoms. The van der Waals surface area contributed by atoms with Crippen LogP contribution >= 0.6 is 11.6 Å². The zero-order chi connectivity index (χ0) is 21.8. The zero-order valence-corrected chi connectivity index (χ0v) is 16.9. The average Bonchev–Trinajstić information content (AvgIpc) is 2.72. The van der Waals surface area contributed by atoms with E-state index >= 15 is 0 Å². The lowest BCUT2D eigenvalue weighted by atomic mass is 10.1. The maximum Gasteiger partial charge on any atom is 0.335 e. The Balaban J connectivity index is 1.81. The van der Waals surface area contributed by atoms with Crippen LogP contribution in [0.3, 0.4) is 0 Å². The minimum atomic E-state index is -1.03. The SMILES string of the molecule is Cc1cc(Oc2ncc(Cl)cc2C(=O)NC(C)c2ccc(C(=O)O)cc2)ccc1F. The molecular weight excluding hydrogens is 411 g/mol. The van der Waals surface area contributed by atoms with Crippen LogP contribution in [-0.4, -0.2) is 22.0 Å². The number of carboxylic acid groups (broad SMARTS) is 1. The molecule has 1 heterocycles. The molecule has 0 saturated heterocycles. The van der Waals surface area contributed by atoms with Crippen molar-refractivity contribution < 1.29 is 23.8 Å². The molecule has 0 aliphatic rings. The second-order valence-electron chi connectivity index (χ2n) is 6.64. The van der Waals surface area contributed by atoms with Crippen LogP contribution in [0.1, 0.15) is 44.8 Å². The number of hydrogen-bond donors (Lipinski definition) is 2. The van der Waals surface area contributed by atoms with Gasteiger partial charge in [0.15, 0.2) is 0 Å². The maximum atomic E-state index is 13.5. The van der Waals surface area contributed by atoms with Gasteiger partial charge in [-0.15, -0.1) is 0 Å². The van der Waals surface area contributed by atoms with Crippen molar-refractivity contribution >= 4 is 23.5 Å². The van der Waals surface area contributed by atoms with Crippen LogP contribution in [0.4, 0.5) is 4.39 Å². The summed E-state index contributed by atoms with van der Waals surface area (Å²) in [6.45, 7) is 3.36. The molecule has 1 atom stereocenters. The molecule has 3 rings (SSSR count). The molecule has 1 aromatic heterocycles. The van der Waals surface area contributed by atoms with Crippen molar-refractivity contribution in [2.75, 3.05) is 0 Å². The molecule has 0 fully saturated rings. The Morgan fingerprint density at radius 3 is 2.50 bits per heavy atom. The number of nitrogens with zero attached hydrogens (tertiary/aromatic N) is 1. The summed E-state index contributed by atoms with van der Waals surface area (Å²) in [6.07, 6.45) is 1.35. The van der Waals surface area contributed by atoms with E-state index in [2.05, 4.69) is 10.3 Å². The number of ether oxygens (including phenoxy) is 1. The molecule has 30 heavy (non-hydrogen) atoms. The third-order valence-corrected chi connectivity index (χ3v) is 4.62. The highest BCUT2D eigenvalue weighted by molar-refractivity contribution is 6.30. The largest absolute Gasteiger partial charge is 0.478 e. The Morgan fingerprint density at radius 2 is 1.87 bits per heavy atom. The summed E-state index contributed by atoms with van der Waals surface area (Å²) in [5, 5.41) is 12.1. The van der Waals surface area contributed by atoms with Gasteiger partial charge in [-0.2, -0.15) is 0 Å². The smallest absolute Gasteiger partial charge is 0.335 e. The molecule has 3 aromatic rings. The predicted octanol–water partition coefficient (Wildman–Crippen LogP) is 5.16. The summed E-state index contributed by atoms with van der Waals surface area (Å²) in [7, 11) is 0. The van der Waals surface area contributed by atoms with E-state index in [1.165, 1.54) is 42.6 Å². The van der Waals surface area contributed by atoms with E-state index in [0.717, 1.165) is 5.56 Å². The monoisotopic (exact) mass is 428 g/mol. The van der Waals surface area contributed by atoms with Crippen LogP contribution in [-0.2, 0) is 0 Å². The quantitative estimate of drug-likeness (QED) is 0.565. The van der Waals surface area contributed by atoms with Crippen molar-refractivity contribution in [2.45, 2.75) is 19.9 Å². The van der Waals surface area contributed by atoms with Gasteiger partial charge in [-0.25, -0.2) is 14.2 Å². The van der Waals surface area contributed by atoms with Gasteiger partial charge in [-0.3, -0.25) is 4.79 Å². The number of aryl methyl sites for hydroxylation is 1. The summed E-state index contributed by atoms with van der Waals surface area (Å²) < 4.78 is 19.2. The molecule has 0 bridgehead atoms.